The molecule has 2 aromatic carbocycles. The number of rotatable bonds is 4. The van der Waals surface area contributed by atoms with Gasteiger partial charge in [0.15, 0.2) is 0 Å². The molecule has 0 saturated heterocycles. The number of aryl methyl sites for hydroxylation is 2. The maximum atomic E-state index is 4.59. The average Bonchev–Trinajstić information content (AvgIpc) is 2.83. The summed E-state index contributed by atoms with van der Waals surface area (Å²) in [7, 11) is 2.00. The Balaban J connectivity index is 1.97. The largest absolute Gasteiger partial charge is 0.272 e. The monoisotopic (exact) mass is 292 g/mol. The minimum atomic E-state index is 0.676. The predicted octanol–water partition coefficient (Wildman–Crippen LogP) is 5.45. The van der Waals surface area contributed by atoms with E-state index >= 15 is 0 Å². The molecule has 0 unspecified atom stereocenters. The number of fused-ring (bicyclic) bond motifs is 1. The van der Waals surface area contributed by atoms with Gasteiger partial charge in [-0.3, -0.25) is 4.68 Å². The van der Waals surface area contributed by atoms with Crippen LogP contribution in [0, 0.1) is 6.92 Å². The zero-order valence-corrected chi connectivity index (χ0v) is 13.9. The Morgan fingerprint density at radius 2 is 1.59 bits per heavy atom. The predicted molar refractivity (Wildman–Crippen MR) is 94.2 cm³/mol. The first-order valence-corrected chi connectivity index (χ1v) is 8.17. The molecule has 22 heavy (non-hydrogen) atoms. The molecule has 0 N–H and O–H groups in total. The second-order valence-corrected chi connectivity index (χ2v) is 6.08. The number of benzene rings is 2. The Morgan fingerprint density at radius 3 is 2.23 bits per heavy atom. The van der Waals surface area contributed by atoms with Gasteiger partial charge in [-0.05, 0) is 48.4 Å². The molecule has 0 fully saturated rings. The van der Waals surface area contributed by atoms with Crippen LogP contribution in [0.2, 0.25) is 0 Å². The summed E-state index contributed by atoms with van der Waals surface area (Å²) in [4.78, 5) is 0. The third-order valence-electron chi connectivity index (χ3n) is 4.83. The third-order valence-corrected chi connectivity index (χ3v) is 4.83. The van der Waals surface area contributed by atoms with Gasteiger partial charge in [-0.15, -0.1) is 0 Å². The maximum absolute atomic E-state index is 4.59. The minimum Gasteiger partial charge on any atom is -0.272 e. The molecule has 3 aromatic rings. The lowest BCUT2D eigenvalue weighted by molar-refractivity contribution is 0.642. The van der Waals surface area contributed by atoms with E-state index < -0.39 is 0 Å². The van der Waals surface area contributed by atoms with Crippen LogP contribution in [0.25, 0.3) is 22.0 Å². The van der Waals surface area contributed by atoms with E-state index in [1.807, 2.05) is 11.7 Å². The minimum absolute atomic E-state index is 0.676. The Bertz CT molecular complexity index is 777. The molecular formula is C20H24N2. The smallest absolute Gasteiger partial charge is 0.0932 e. The standard InChI is InChI=1S/C20H24N2/c1-5-15(6-2)16-7-9-17(10-8-16)18-11-12-19-14(3)22(4)21-20(19)13-18/h7-13,15H,5-6H2,1-4H3. The summed E-state index contributed by atoms with van der Waals surface area (Å²) in [6, 6.07) is 15.6. The van der Waals surface area contributed by atoms with E-state index in [0.29, 0.717) is 5.92 Å². The highest BCUT2D eigenvalue weighted by molar-refractivity contribution is 5.86. The molecule has 1 aromatic heterocycles. The summed E-state index contributed by atoms with van der Waals surface area (Å²) >= 11 is 0. The first-order valence-electron chi connectivity index (χ1n) is 8.17. The Hall–Kier alpha value is -2.09. The fraction of sp³-hybridized carbons (Fsp3) is 0.350. The molecule has 0 saturated carbocycles. The molecule has 0 atom stereocenters. The van der Waals surface area contributed by atoms with E-state index in [1.165, 1.54) is 40.6 Å². The molecule has 1 heterocycles. The highest BCUT2D eigenvalue weighted by Gasteiger charge is 2.09. The van der Waals surface area contributed by atoms with Gasteiger partial charge in [-0.2, -0.15) is 5.10 Å². The van der Waals surface area contributed by atoms with Gasteiger partial charge in [0.1, 0.15) is 0 Å². The van der Waals surface area contributed by atoms with Crippen LogP contribution in [0.3, 0.4) is 0 Å². The molecule has 2 nitrogen and oxygen atoms in total. The highest BCUT2D eigenvalue weighted by atomic mass is 15.3. The molecule has 0 aliphatic rings. The third kappa shape index (κ3) is 2.54. The summed E-state index contributed by atoms with van der Waals surface area (Å²) in [5.74, 6) is 0.676. The van der Waals surface area contributed by atoms with E-state index in [-0.39, 0.29) is 0 Å². The van der Waals surface area contributed by atoms with Crippen molar-refractivity contribution in [2.75, 3.05) is 0 Å². The van der Waals surface area contributed by atoms with Crippen molar-refractivity contribution in [2.45, 2.75) is 39.5 Å². The first kappa shape index (κ1) is 14.8. The van der Waals surface area contributed by atoms with Gasteiger partial charge in [0.2, 0.25) is 0 Å². The first-order chi connectivity index (χ1) is 10.6. The lowest BCUT2D eigenvalue weighted by Crippen LogP contribution is -1.94. The number of nitrogens with zero attached hydrogens (tertiary/aromatic N) is 2. The van der Waals surface area contributed by atoms with E-state index in [4.69, 9.17) is 0 Å². The van der Waals surface area contributed by atoms with E-state index in [2.05, 4.69) is 68.3 Å². The molecule has 0 bridgehead atoms. The van der Waals surface area contributed by atoms with Crippen LogP contribution >= 0.6 is 0 Å². The summed E-state index contributed by atoms with van der Waals surface area (Å²) in [5, 5.41) is 5.82. The molecule has 0 aliphatic heterocycles. The van der Waals surface area contributed by atoms with Crippen LogP contribution in [0.4, 0.5) is 0 Å². The second kappa shape index (κ2) is 5.96. The van der Waals surface area contributed by atoms with Crippen molar-refractivity contribution in [3.8, 4) is 11.1 Å². The molecule has 2 heteroatoms. The second-order valence-electron chi connectivity index (χ2n) is 6.08. The van der Waals surface area contributed by atoms with E-state index in [1.54, 1.807) is 0 Å². The Labute approximate surface area is 132 Å². The fourth-order valence-corrected chi connectivity index (χ4v) is 3.22. The lowest BCUT2D eigenvalue weighted by Gasteiger charge is -2.13. The van der Waals surface area contributed by atoms with Crippen LogP contribution in [-0.2, 0) is 7.05 Å². The molecule has 0 spiro atoms. The Morgan fingerprint density at radius 1 is 0.955 bits per heavy atom. The summed E-state index contributed by atoms with van der Waals surface area (Å²) < 4.78 is 1.95. The maximum Gasteiger partial charge on any atom is 0.0932 e. The van der Waals surface area contributed by atoms with E-state index in [9.17, 15) is 0 Å². The van der Waals surface area contributed by atoms with Gasteiger partial charge in [0, 0.05) is 18.1 Å². The topological polar surface area (TPSA) is 17.8 Å². The van der Waals surface area contributed by atoms with Crippen molar-refractivity contribution in [1.29, 1.82) is 0 Å². The molecule has 3 rings (SSSR count). The van der Waals surface area contributed by atoms with Gasteiger partial charge in [0.25, 0.3) is 0 Å². The highest BCUT2D eigenvalue weighted by Crippen LogP contribution is 2.28. The van der Waals surface area contributed by atoms with E-state index in [0.717, 1.165) is 5.52 Å². The average molecular weight is 292 g/mol. The van der Waals surface area contributed by atoms with Crippen molar-refractivity contribution in [3.05, 3.63) is 53.7 Å². The zero-order valence-electron chi connectivity index (χ0n) is 13.9. The fourth-order valence-electron chi connectivity index (χ4n) is 3.22. The van der Waals surface area contributed by atoms with Gasteiger partial charge in [-0.1, -0.05) is 50.2 Å². The normalized spacial score (nSPS) is 11.5. The summed E-state index contributed by atoms with van der Waals surface area (Å²) in [5.41, 5.74) is 6.23. The van der Waals surface area contributed by atoms with Crippen LogP contribution in [0.5, 0.6) is 0 Å². The molecule has 114 valence electrons. The summed E-state index contributed by atoms with van der Waals surface area (Å²) in [6.45, 7) is 6.64. The van der Waals surface area contributed by atoms with Gasteiger partial charge >= 0.3 is 0 Å². The van der Waals surface area contributed by atoms with Crippen molar-refractivity contribution in [1.82, 2.24) is 9.78 Å². The van der Waals surface area contributed by atoms with Crippen LogP contribution in [0.15, 0.2) is 42.5 Å². The van der Waals surface area contributed by atoms with Gasteiger partial charge in [0.05, 0.1) is 5.52 Å². The summed E-state index contributed by atoms with van der Waals surface area (Å²) in [6.07, 6.45) is 2.41. The number of aromatic nitrogens is 2. The molecular weight excluding hydrogens is 268 g/mol. The van der Waals surface area contributed by atoms with Crippen molar-refractivity contribution < 1.29 is 0 Å². The van der Waals surface area contributed by atoms with Gasteiger partial charge < -0.3 is 0 Å². The number of hydrogen-bond acceptors (Lipinski definition) is 1. The Kier molecular flexibility index (Phi) is 4.02. The number of hydrogen-bond donors (Lipinski definition) is 0. The molecule has 0 aliphatic carbocycles. The molecule has 0 radical (unpaired) electrons. The zero-order chi connectivity index (χ0) is 15.7. The lowest BCUT2D eigenvalue weighted by atomic mass is 9.92. The van der Waals surface area contributed by atoms with Crippen molar-refractivity contribution >= 4 is 10.9 Å². The van der Waals surface area contributed by atoms with Crippen molar-refractivity contribution in [2.24, 2.45) is 7.05 Å². The SMILES string of the molecule is CCC(CC)c1ccc(-c2ccc3c(C)n(C)nc3c2)cc1. The van der Waals surface area contributed by atoms with Crippen LogP contribution in [0.1, 0.15) is 43.9 Å². The quantitative estimate of drug-likeness (QED) is 0.625. The van der Waals surface area contributed by atoms with Gasteiger partial charge in [-0.25, -0.2) is 0 Å². The van der Waals surface area contributed by atoms with Crippen LogP contribution < -0.4 is 0 Å². The van der Waals surface area contributed by atoms with Crippen molar-refractivity contribution in [3.63, 3.8) is 0 Å². The molecule has 0 amide bonds. The van der Waals surface area contributed by atoms with Crippen LogP contribution in [-0.4, -0.2) is 9.78 Å².